The van der Waals surface area contributed by atoms with Crippen molar-refractivity contribution in [2.24, 2.45) is 5.41 Å². The van der Waals surface area contributed by atoms with E-state index in [1.165, 1.54) is 6.07 Å². The molecule has 0 spiro atoms. The summed E-state index contributed by atoms with van der Waals surface area (Å²) in [4.78, 5) is 16.6. The molecule has 0 N–H and O–H groups in total. The molecular weight excluding hydrogens is 357 g/mol. The van der Waals surface area contributed by atoms with Gasteiger partial charge in [0.15, 0.2) is 0 Å². The van der Waals surface area contributed by atoms with Gasteiger partial charge in [0, 0.05) is 12.4 Å². The number of esters is 1. The fourth-order valence-corrected chi connectivity index (χ4v) is 3.08. The van der Waals surface area contributed by atoms with E-state index < -0.39 is 5.41 Å². The Balaban J connectivity index is 1.35. The molecular formula is C23H20FNO3. The van der Waals surface area contributed by atoms with Gasteiger partial charge in [0.05, 0.1) is 5.41 Å². The summed E-state index contributed by atoms with van der Waals surface area (Å²) in [5, 5.41) is 0. The van der Waals surface area contributed by atoms with Crippen molar-refractivity contribution in [3.63, 3.8) is 0 Å². The van der Waals surface area contributed by atoms with Gasteiger partial charge in [-0.05, 0) is 72.9 Å². The summed E-state index contributed by atoms with van der Waals surface area (Å²) >= 11 is 0. The molecule has 2 aromatic carbocycles. The largest absolute Gasteiger partial charge is 0.489 e. The Bertz CT molecular complexity index is 953. The molecule has 0 saturated heterocycles. The number of carbonyl (C=O) groups is 1. The van der Waals surface area contributed by atoms with E-state index in [2.05, 4.69) is 4.98 Å². The number of pyridine rings is 1. The topological polar surface area (TPSA) is 48.4 Å². The number of hydrogen-bond acceptors (Lipinski definition) is 4. The monoisotopic (exact) mass is 377 g/mol. The molecule has 0 atom stereocenters. The van der Waals surface area contributed by atoms with Crippen molar-refractivity contribution >= 4 is 5.97 Å². The lowest BCUT2D eigenvalue weighted by Crippen LogP contribution is -2.24. The minimum absolute atomic E-state index is 0.280. The highest BCUT2D eigenvalue weighted by Crippen LogP contribution is 2.49. The third kappa shape index (κ3) is 4.19. The molecule has 1 fully saturated rings. The number of benzene rings is 2. The molecule has 0 unspecified atom stereocenters. The van der Waals surface area contributed by atoms with E-state index >= 15 is 0 Å². The van der Waals surface area contributed by atoms with Crippen LogP contribution in [0.2, 0.25) is 0 Å². The van der Waals surface area contributed by atoms with E-state index in [4.69, 9.17) is 9.47 Å². The maximum atomic E-state index is 13.9. The van der Waals surface area contributed by atoms with Crippen molar-refractivity contribution in [2.75, 3.05) is 0 Å². The first-order valence-corrected chi connectivity index (χ1v) is 9.22. The lowest BCUT2D eigenvalue weighted by atomic mass is 9.96. The van der Waals surface area contributed by atoms with Crippen LogP contribution in [0.5, 0.6) is 11.5 Å². The zero-order valence-corrected chi connectivity index (χ0v) is 15.3. The zero-order valence-electron chi connectivity index (χ0n) is 15.3. The number of rotatable bonds is 7. The standard InChI is InChI=1S/C23H20FNO3/c24-21-4-2-1-3-18(21)15-23(11-12-23)22(26)28-20-7-5-19(6-8-20)27-16-17-9-13-25-14-10-17/h1-10,13-14H,11-12,15-16H2. The minimum Gasteiger partial charge on any atom is -0.489 e. The van der Waals surface area contributed by atoms with Crippen LogP contribution in [-0.4, -0.2) is 11.0 Å². The van der Waals surface area contributed by atoms with Crippen molar-refractivity contribution in [2.45, 2.75) is 25.9 Å². The Hall–Kier alpha value is -3.21. The Kier molecular flexibility index (Phi) is 5.06. The van der Waals surface area contributed by atoms with Crippen LogP contribution >= 0.6 is 0 Å². The maximum Gasteiger partial charge on any atom is 0.317 e. The van der Waals surface area contributed by atoms with Crippen molar-refractivity contribution in [3.8, 4) is 11.5 Å². The van der Waals surface area contributed by atoms with E-state index in [9.17, 15) is 9.18 Å². The fraction of sp³-hybridized carbons (Fsp3) is 0.217. The van der Waals surface area contributed by atoms with Gasteiger partial charge in [0.25, 0.3) is 0 Å². The average Bonchev–Trinajstić information content (AvgIpc) is 3.51. The number of hydrogen-bond donors (Lipinski definition) is 0. The molecule has 1 saturated carbocycles. The van der Waals surface area contributed by atoms with Crippen molar-refractivity contribution in [1.82, 2.24) is 4.98 Å². The number of ether oxygens (including phenoxy) is 2. The van der Waals surface area contributed by atoms with Crippen LogP contribution in [0, 0.1) is 11.2 Å². The van der Waals surface area contributed by atoms with Gasteiger partial charge in [0.2, 0.25) is 0 Å². The molecule has 0 bridgehead atoms. The zero-order chi connectivity index (χ0) is 19.4. The maximum absolute atomic E-state index is 13.9. The summed E-state index contributed by atoms with van der Waals surface area (Å²) in [5.41, 5.74) is 0.963. The molecule has 1 aliphatic rings. The molecule has 0 radical (unpaired) electrons. The summed E-state index contributed by atoms with van der Waals surface area (Å²) in [5.74, 6) is 0.559. The molecule has 1 heterocycles. The van der Waals surface area contributed by atoms with E-state index in [1.54, 1.807) is 54.9 Å². The lowest BCUT2D eigenvalue weighted by molar-refractivity contribution is -0.140. The van der Waals surface area contributed by atoms with Gasteiger partial charge >= 0.3 is 5.97 Å². The second kappa shape index (κ2) is 7.80. The van der Waals surface area contributed by atoms with Gasteiger partial charge in [-0.3, -0.25) is 9.78 Å². The highest BCUT2D eigenvalue weighted by Gasteiger charge is 2.51. The Morgan fingerprint density at radius 1 is 0.964 bits per heavy atom. The molecule has 0 amide bonds. The van der Waals surface area contributed by atoms with Crippen LogP contribution in [0.15, 0.2) is 73.1 Å². The first kappa shape index (κ1) is 18.2. The summed E-state index contributed by atoms with van der Waals surface area (Å²) in [6.45, 7) is 0.438. The normalized spacial score (nSPS) is 14.3. The summed E-state index contributed by atoms with van der Waals surface area (Å²) in [6, 6.07) is 17.3. The third-order valence-electron chi connectivity index (χ3n) is 4.96. The van der Waals surface area contributed by atoms with Gasteiger partial charge in [-0.2, -0.15) is 0 Å². The molecule has 4 nitrogen and oxygen atoms in total. The van der Waals surface area contributed by atoms with Crippen LogP contribution in [0.4, 0.5) is 4.39 Å². The van der Waals surface area contributed by atoms with Crippen LogP contribution in [-0.2, 0) is 17.8 Å². The highest BCUT2D eigenvalue weighted by molar-refractivity contribution is 5.82. The van der Waals surface area contributed by atoms with Gasteiger partial charge in [-0.25, -0.2) is 4.39 Å². The van der Waals surface area contributed by atoms with E-state index in [0.29, 0.717) is 42.9 Å². The molecule has 4 rings (SSSR count). The highest BCUT2D eigenvalue weighted by atomic mass is 19.1. The van der Waals surface area contributed by atoms with Gasteiger partial charge in [-0.15, -0.1) is 0 Å². The molecule has 1 aliphatic carbocycles. The molecule has 1 aromatic heterocycles. The summed E-state index contributed by atoms with van der Waals surface area (Å²) in [6.07, 6.45) is 5.23. The van der Waals surface area contributed by atoms with E-state index in [0.717, 1.165) is 5.56 Å². The van der Waals surface area contributed by atoms with Gasteiger partial charge in [0.1, 0.15) is 23.9 Å². The SMILES string of the molecule is O=C(Oc1ccc(OCc2ccncc2)cc1)C1(Cc2ccccc2F)CC1. The first-order valence-electron chi connectivity index (χ1n) is 9.22. The Labute approximate surface area is 163 Å². The number of nitrogens with zero attached hydrogens (tertiary/aromatic N) is 1. The van der Waals surface area contributed by atoms with Crippen LogP contribution in [0.1, 0.15) is 24.0 Å². The molecule has 3 aromatic rings. The van der Waals surface area contributed by atoms with Crippen LogP contribution in [0.25, 0.3) is 0 Å². The Morgan fingerprint density at radius 2 is 1.64 bits per heavy atom. The molecule has 28 heavy (non-hydrogen) atoms. The molecule has 5 heteroatoms. The summed E-state index contributed by atoms with van der Waals surface area (Å²) in [7, 11) is 0. The van der Waals surface area contributed by atoms with Crippen molar-refractivity contribution in [3.05, 3.63) is 90.0 Å². The van der Waals surface area contributed by atoms with Crippen molar-refractivity contribution < 1.29 is 18.7 Å². The minimum atomic E-state index is -0.612. The van der Waals surface area contributed by atoms with E-state index in [1.807, 2.05) is 12.1 Å². The lowest BCUT2D eigenvalue weighted by Gasteiger charge is -2.15. The first-order chi connectivity index (χ1) is 13.6. The second-order valence-electron chi connectivity index (χ2n) is 7.05. The van der Waals surface area contributed by atoms with Gasteiger partial charge < -0.3 is 9.47 Å². The smallest absolute Gasteiger partial charge is 0.317 e. The average molecular weight is 377 g/mol. The quantitative estimate of drug-likeness (QED) is 0.441. The predicted octanol–water partition coefficient (Wildman–Crippen LogP) is 4.73. The molecule has 0 aliphatic heterocycles. The fourth-order valence-electron chi connectivity index (χ4n) is 3.08. The summed E-state index contributed by atoms with van der Waals surface area (Å²) < 4.78 is 25.2. The number of halogens is 1. The van der Waals surface area contributed by atoms with Crippen LogP contribution < -0.4 is 9.47 Å². The van der Waals surface area contributed by atoms with Crippen molar-refractivity contribution in [1.29, 1.82) is 0 Å². The van der Waals surface area contributed by atoms with Crippen LogP contribution in [0.3, 0.4) is 0 Å². The number of carbonyl (C=O) groups excluding carboxylic acids is 1. The predicted molar refractivity (Wildman–Crippen MR) is 102 cm³/mol. The van der Waals surface area contributed by atoms with Gasteiger partial charge in [-0.1, -0.05) is 18.2 Å². The Morgan fingerprint density at radius 3 is 2.32 bits per heavy atom. The second-order valence-corrected chi connectivity index (χ2v) is 7.05. The third-order valence-corrected chi connectivity index (χ3v) is 4.96. The molecule has 142 valence electrons. The number of aromatic nitrogens is 1. The van der Waals surface area contributed by atoms with E-state index in [-0.39, 0.29) is 11.8 Å².